The van der Waals surface area contributed by atoms with Gasteiger partial charge in [0.25, 0.3) is 0 Å². The molecule has 0 amide bonds. The summed E-state index contributed by atoms with van der Waals surface area (Å²) in [6.45, 7) is -0.438. The summed E-state index contributed by atoms with van der Waals surface area (Å²) in [7, 11) is 0. The number of ketones is 1. The van der Waals surface area contributed by atoms with E-state index in [4.69, 9.17) is 9.84 Å². The van der Waals surface area contributed by atoms with E-state index in [0.29, 0.717) is 21.3 Å². The molecular weight excluding hydrogens is 367 g/mol. The highest BCUT2D eigenvalue weighted by atomic mass is 79.9. The van der Waals surface area contributed by atoms with Crippen molar-refractivity contribution in [2.75, 3.05) is 6.61 Å². The molecule has 0 spiro atoms. The molecule has 0 saturated heterocycles. The van der Waals surface area contributed by atoms with Gasteiger partial charge in [0.1, 0.15) is 11.6 Å². The molecule has 0 aliphatic heterocycles. The highest BCUT2D eigenvalue weighted by Crippen LogP contribution is 2.18. The van der Waals surface area contributed by atoms with Crippen LogP contribution < -0.4 is 4.74 Å². The van der Waals surface area contributed by atoms with Crippen molar-refractivity contribution in [2.24, 2.45) is 0 Å². The zero-order valence-corrected chi connectivity index (χ0v) is 13.4. The molecule has 2 aromatic carbocycles. The number of allylic oxidation sites excluding steroid dienone is 1. The molecule has 0 saturated carbocycles. The molecule has 0 radical (unpaired) electrons. The number of rotatable bonds is 6. The SMILES string of the molecule is O=C(O)COc1ccc(C(=O)/C=C/c2ccc(F)c(Br)c2)cc1. The quantitative estimate of drug-likeness (QED) is 0.610. The molecule has 0 fully saturated rings. The molecule has 4 nitrogen and oxygen atoms in total. The third kappa shape index (κ3) is 5.03. The first-order chi connectivity index (χ1) is 11.0. The lowest BCUT2D eigenvalue weighted by Gasteiger charge is -2.03. The van der Waals surface area contributed by atoms with Crippen molar-refractivity contribution in [3.05, 3.63) is 70.0 Å². The summed E-state index contributed by atoms with van der Waals surface area (Å²) in [5.74, 6) is -1.30. The highest BCUT2D eigenvalue weighted by molar-refractivity contribution is 9.10. The highest BCUT2D eigenvalue weighted by Gasteiger charge is 2.04. The van der Waals surface area contributed by atoms with Gasteiger partial charge in [-0.15, -0.1) is 0 Å². The largest absolute Gasteiger partial charge is 0.482 e. The fourth-order valence-electron chi connectivity index (χ4n) is 1.74. The number of halogens is 2. The Hall–Kier alpha value is -2.47. The summed E-state index contributed by atoms with van der Waals surface area (Å²) >= 11 is 3.08. The molecule has 2 rings (SSSR count). The van der Waals surface area contributed by atoms with Crippen LogP contribution in [0.4, 0.5) is 4.39 Å². The van der Waals surface area contributed by atoms with E-state index in [0.717, 1.165) is 0 Å². The van der Waals surface area contributed by atoms with E-state index in [1.54, 1.807) is 30.3 Å². The Morgan fingerprint density at radius 2 is 1.87 bits per heavy atom. The second-order valence-corrected chi connectivity index (χ2v) is 5.43. The van der Waals surface area contributed by atoms with Crippen molar-refractivity contribution in [3.63, 3.8) is 0 Å². The first-order valence-electron chi connectivity index (χ1n) is 6.58. The Morgan fingerprint density at radius 1 is 1.17 bits per heavy atom. The average Bonchev–Trinajstić information content (AvgIpc) is 2.54. The van der Waals surface area contributed by atoms with Crippen LogP contribution in [0.15, 0.2) is 53.0 Å². The van der Waals surface area contributed by atoms with Crippen LogP contribution in [-0.2, 0) is 4.79 Å². The maximum atomic E-state index is 13.1. The van der Waals surface area contributed by atoms with Crippen molar-refractivity contribution >= 4 is 33.8 Å². The lowest BCUT2D eigenvalue weighted by Crippen LogP contribution is -2.09. The van der Waals surface area contributed by atoms with E-state index >= 15 is 0 Å². The predicted molar refractivity (Wildman–Crippen MR) is 87.0 cm³/mol. The Morgan fingerprint density at radius 3 is 2.48 bits per heavy atom. The van der Waals surface area contributed by atoms with E-state index < -0.39 is 12.6 Å². The van der Waals surface area contributed by atoms with Crippen LogP contribution in [0.5, 0.6) is 5.75 Å². The molecule has 0 heterocycles. The number of hydrogen-bond donors (Lipinski definition) is 1. The van der Waals surface area contributed by atoms with E-state index in [9.17, 15) is 14.0 Å². The molecule has 2 aromatic rings. The number of hydrogen-bond acceptors (Lipinski definition) is 3. The van der Waals surface area contributed by atoms with Crippen LogP contribution in [0, 0.1) is 5.82 Å². The third-order valence-corrected chi connectivity index (χ3v) is 3.48. The Bertz CT molecular complexity index is 754. The topological polar surface area (TPSA) is 63.6 Å². The Kier molecular flexibility index (Phi) is 5.65. The molecule has 23 heavy (non-hydrogen) atoms. The lowest BCUT2D eigenvalue weighted by molar-refractivity contribution is -0.139. The van der Waals surface area contributed by atoms with Gasteiger partial charge in [0.05, 0.1) is 4.47 Å². The van der Waals surface area contributed by atoms with E-state index in [1.807, 2.05) is 0 Å². The standard InChI is InChI=1S/C17H12BrFO4/c18-14-9-11(1-7-15(14)19)2-8-16(20)12-3-5-13(6-4-12)23-10-17(21)22/h1-9H,10H2,(H,21,22)/b8-2+. The van der Waals surface area contributed by atoms with Gasteiger partial charge in [-0.25, -0.2) is 9.18 Å². The number of carbonyl (C=O) groups is 2. The predicted octanol–water partition coefficient (Wildman–Crippen LogP) is 3.95. The van der Waals surface area contributed by atoms with Crippen molar-refractivity contribution in [1.29, 1.82) is 0 Å². The molecule has 0 atom stereocenters. The molecule has 0 aliphatic carbocycles. The average molecular weight is 379 g/mol. The van der Waals surface area contributed by atoms with Gasteiger partial charge in [-0.2, -0.15) is 0 Å². The van der Waals surface area contributed by atoms with Crippen molar-refractivity contribution in [2.45, 2.75) is 0 Å². The first kappa shape index (κ1) is 16.9. The van der Waals surface area contributed by atoms with Crippen LogP contribution in [0.3, 0.4) is 0 Å². The van der Waals surface area contributed by atoms with E-state index in [-0.39, 0.29) is 11.6 Å². The monoisotopic (exact) mass is 378 g/mol. The van der Waals surface area contributed by atoms with Gasteiger partial charge < -0.3 is 9.84 Å². The number of benzene rings is 2. The van der Waals surface area contributed by atoms with Crippen molar-refractivity contribution < 1.29 is 23.8 Å². The van der Waals surface area contributed by atoms with Crippen LogP contribution in [-0.4, -0.2) is 23.5 Å². The molecule has 118 valence electrons. The van der Waals surface area contributed by atoms with E-state index in [1.165, 1.54) is 24.3 Å². The second kappa shape index (κ2) is 7.69. The fourth-order valence-corrected chi connectivity index (χ4v) is 2.14. The minimum atomic E-state index is -1.07. The summed E-state index contributed by atoms with van der Waals surface area (Å²) in [6.07, 6.45) is 2.97. The van der Waals surface area contributed by atoms with Gasteiger partial charge >= 0.3 is 5.97 Å². The van der Waals surface area contributed by atoms with Gasteiger partial charge in [0.2, 0.25) is 0 Å². The Labute approximate surface area is 140 Å². The summed E-state index contributed by atoms with van der Waals surface area (Å²) in [5, 5.41) is 8.52. The molecule has 0 unspecified atom stereocenters. The Balaban J connectivity index is 2.03. The normalized spacial score (nSPS) is 10.7. The number of carbonyl (C=O) groups excluding carboxylic acids is 1. The number of carboxylic acid groups (broad SMARTS) is 1. The minimum Gasteiger partial charge on any atom is -0.482 e. The maximum Gasteiger partial charge on any atom is 0.341 e. The summed E-state index contributed by atoms with van der Waals surface area (Å²) < 4.78 is 18.4. The van der Waals surface area contributed by atoms with Crippen molar-refractivity contribution in [3.8, 4) is 5.75 Å². The van der Waals surface area contributed by atoms with Crippen LogP contribution in [0.2, 0.25) is 0 Å². The summed E-state index contributed by atoms with van der Waals surface area (Å²) in [5.41, 5.74) is 1.12. The molecule has 0 aromatic heterocycles. The fraction of sp³-hybridized carbons (Fsp3) is 0.0588. The first-order valence-corrected chi connectivity index (χ1v) is 7.37. The second-order valence-electron chi connectivity index (χ2n) is 4.58. The van der Waals surface area contributed by atoms with Crippen LogP contribution in [0.25, 0.3) is 6.08 Å². The lowest BCUT2D eigenvalue weighted by atomic mass is 10.1. The molecule has 1 N–H and O–H groups in total. The minimum absolute atomic E-state index is 0.227. The zero-order valence-electron chi connectivity index (χ0n) is 11.8. The molecule has 0 aliphatic rings. The number of ether oxygens (including phenoxy) is 1. The van der Waals surface area contributed by atoms with Crippen LogP contribution >= 0.6 is 15.9 Å². The van der Waals surface area contributed by atoms with Crippen LogP contribution in [0.1, 0.15) is 15.9 Å². The summed E-state index contributed by atoms with van der Waals surface area (Å²) in [4.78, 5) is 22.4. The maximum absolute atomic E-state index is 13.1. The van der Waals surface area contributed by atoms with E-state index in [2.05, 4.69) is 15.9 Å². The number of carboxylic acids is 1. The van der Waals surface area contributed by atoms with Gasteiger partial charge in [-0.3, -0.25) is 4.79 Å². The zero-order chi connectivity index (χ0) is 16.8. The van der Waals surface area contributed by atoms with Gasteiger partial charge in [-0.1, -0.05) is 12.1 Å². The smallest absolute Gasteiger partial charge is 0.341 e. The molecule has 6 heteroatoms. The van der Waals surface area contributed by atoms with Gasteiger partial charge in [0.15, 0.2) is 12.4 Å². The van der Waals surface area contributed by atoms with Crippen molar-refractivity contribution in [1.82, 2.24) is 0 Å². The molecule has 0 bridgehead atoms. The number of aliphatic carboxylic acids is 1. The van der Waals surface area contributed by atoms with Gasteiger partial charge in [-0.05, 0) is 64.0 Å². The third-order valence-electron chi connectivity index (χ3n) is 2.87. The molecular formula is C17H12BrFO4. The van der Waals surface area contributed by atoms with Gasteiger partial charge in [0, 0.05) is 5.56 Å². The summed E-state index contributed by atoms with van der Waals surface area (Å²) in [6, 6.07) is 10.6.